The summed E-state index contributed by atoms with van der Waals surface area (Å²) in [6.45, 7) is 0. The lowest BCUT2D eigenvalue weighted by molar-refractivity contribution is -0.132. The molecule has 0 aromatic heterocycles. The highest BCUT2D eigenvalue weighted by Crippen LogP contribution is 2.49. The van der Waals surface area contributed by atoms with E-state index in [0.717, 1.165) is 51.4 Å². The Morgan fingerprint density at radius 2 is 1.62 bits per heavy atom. The van der Waals surface area contributed by atoms with Crippen LogP contribution in [-0.2, 0) is 9.36 Å². The molecular formula is C18H32NO4P. The lowest BCUT2D eigenvalue weighted by Gasteiger charge is -2.27. The Kier molecular flexibility index (Phi) is 7.52. The summed E-state index contributed by atoms with van der Waals surface area (Å²) in [5, 5.41) is 9.43. The molecule has 0 spiro atoms. The Bertz CT molecular complexity index is 493. The number of carboxylic acid groups (broad SMARTS) is 1. The molecule has 24 heavy (non-hydrogen) atoms. The van der Waals surface area contributed by atoms with Crippen molar-refractivity contribution in [2.45, 2.75) is 76.4 Å². The first kappa shape index (κ1) is 19.7. The average Bonchev–Trinajstić information content (AvgIpc) is 2.56. The zero-order valence-electron chi connectivity index (χ0n) is 14.5. The molecule has 0 aromatic carbocycles. The Morgan fingerprint density at radius 3 is 2.17 bits per heavy atom. The number of hydrogen-bond donors (Lipinski definition) is 3. The maximum absolute atomic E-state index is 12.7. The number of rotatable bonds is 7. The van der Waals surface area contributed by atoms with Crippen molar-refractivity contribution < 1.29 is 19.4 Å². The number of carboxylic acids is 1. The van der Waals surface area contributed by atoms with E-state index in [1.165, 1.54) is 12.8 Å². The van der Waals surface area contributed by atoms with E-state index in [1.807, 2.05) is 0 Å². The molecule has 0 bridgehead atoms. The fourth-order valence-corrected chi connectivity index (χ4v) is 5.66. The summed E-state index contributed by atoms with van der Waals surface area (Å²) in [6.07, 6.45) is 13.0. The lowest BCUT2D eigenvalue weighted by Crippen LogP contribution is -2.27. The second kappa shape index (κ2) is 9.17. The van der Waals surface area contributed by atoms with E-state index in [1.54, 1.807) is 6.08 Å². The molecule has 0 saturated heterocycles. The quantitative estimate of drug-likeness (QED) is 0.470. The zero-order valence-corrected chi connectivity index (χ0v) is 15.4. The van der Waals surface area contributed by atoms with Gasteiger partial charge in [-0.2, -0.15) is 0 Å². The first-order valence-electron chi connectivity index (χ1n) is 9.39. The molecule has 2 aliphatic rings. The van der Waals surface area contributed by atoms with Gasteiger partial charge in [-0.05, 0) is 31.1 Å². The molecule has 6 heteroatoms. The molecular weight excluding hydrogens is 325 g/mol. The fraction of sp³-hybridized carbons (Fsp3) is 0.833. The molecule has 0 aromatic rings. The molecule has 0 amide bonds. The second-order valence-electron chi connectivity index (χ2n) is 7.62. The van der Waals surface area contributed by atoms with Crippen LogP contribution < -0.4 is 5.73 Å². The monoisotopic (exact) mass is 357 g/mol. The molecule has 2 rings (SSSR count). The van der Waals surface area contributed by atoms with Gasteiger partial charge in [-0.3, -0.25) is 4.57 Å². The number of allylic oxidation sites excluding steroid dienone is 1. The van der Waals surface area contributed by atoms with E-state index < -0.39 is 19.1 Å². The summed E-state index contributed by atoms with van der Waals surface area (Å²) in [4.78, 5) is 21.9. The second-order valence-corrected chi connectivity index (χ2v) is 10.1. The minimum absolute atomic E-state index is 0.0758. The van der Waals surface area contributed by atoms with E-state index in [9.17, 15) is 19.4 Å². The van der Waals surface area contributed by atoms with Crippen LogP contribution in [0.15, 0.2) is 11.6 Å². The predicted octanol–water partition coefficient (Wildman–Crippen LogP) is 4.10. The Hall–Kier alpha value is -0.640. The van der Waals surface area contributed by atoms with Gasteiger partial charge >= 0.3 is 5.97 Å². The third-order valence-corrected chi connectivity index (χ3v) is 7.62. The molecule has 2 atom stereocenters. The van der Waals surface area contributed by atoms with Gasteiger partial charge in [0.25, 0.3) is 0 Å². The molecule has 2 aliphatic carbocycles. The smallest absolute Gasteiger partial charge is 0.331 e. The third-order valence-electron chi connectivity index (χ3n) is 5.58. The lowest BCUT2D eigenvalue weighted by atomic mass is 9.87. The standard InChI is InChI=1S/C18H32NO4P/c19-17(12-15-9-5-2-6-10-15)24(22,23)13-16(18(20)21)11-14-7-3-1-4-8-14/h11,14-15,17H,1-10,12-13,19H2,(H,20,21)(H,22,23)/b16-11+/t17-/m1/s1. The van der Waals surface area contributed by atoms with Crippen LogP contribution in [0.5, 0.6) is 0 Å². The van der Waals surface area contributed by atoms with Crippen molar-refractivity contribution in [2.75, 3.05) is 6.16 Å². The van der Waals surface area contributed by atoms with Gasteiger partial charge in [-0.1, -0.05) is 57.4 Å². The van der Waals surface area contributed by atoms with Crippen molar-refractivity contribution in [1.82, 2.24) is 0 Å². The molecule has 5 nitrogen and oxygen atoms in total. The highest BCUT2D eigenvalue weighted by molar-refractivity contribution is 7.59. The largest absolute Gasteiger partial charge is 0.478 e. The van der Waals surface area contributed by atoms with E-state index in [4.69, 9.17) is 5.73 Å². The normalized spacial score (nSPS) is 25.2. The summed E-state index contributed by atoms with van der Waals surface area (Å²) in [5.41, 5.74) is 6.11. The van der Waals surface area contributed by atoms with Crippen molar-refractivity contribution in [3.8, 4) is 0 Å². The van der Waals surface area contributed by atoms with Gasteiger partial charge in [0, 0.05) is 5.57 Å². The van der Waals surface area contributed by atoms with Crippen molar-refractivity contribution >= 4 is 13.3 Å². The number of aliphatic carboxylic acids is 1. The maximum Gasteiger partial charge on any atom is 0.331 e. The molecule has 2 saturated carbocycles. The van der Waals surface area contributed by atoms with Gasteiger partial charge in [0.1, 0.15) is 0 Å². The molecule has 0 heterocycles. The van der Waals surface area contributed by atoms with Gasteiger partial charge in [-0.25, -0.2) is 4.79 Å². The van der Waals surface area contributed by atoms with Crippen LogP contribution in [0.25, 0.3) is 0 Å². The van der Waals surface area contributed by atoms with Crippen LogP contribution in [0.2, 0.25) is 0 Å². The van der Waals surface area contributed by atoms with E-state index in [-0.39, 0.29) is 17.7 Å². The van der Waals surface area contributed by atoms with Crippen LogP contribution in [0.4, 0.5) is 0 Å². The van der Waals surface area contributed by atoms with E-state index in [0.29, 0.717) is 12.3 Å². The van der Waals surface area contributed by atoms with Crippen molar-refractivity contribution in [3.63, 3.8) is 0 Å². The molecule has 4 N–H and O–H groups in total. The SMILES string of the molecule is N[C@@H](CC1CCCCC1)P(=O)(O)C/C(=C\C1CCCCC1)C(=O)O. The minimum Gasteiger partial charge on any atom is -0.478 e. The molecule has 0 aliphatic heterocycles. The highest BCUT2D eigenvalue weighted by atomic mass is 31.2. The fourth-order valence-electron chi connectivity index (χ4n) is 4.07. The molecule has 138 valence electrons. The summed E-state index contributed by atoms with van der Waals surface area (Å²) in [5.74, 6) is -1.27. The van der Waals surface area contributed by atoms with Gasteiger partial charge in [0.15, 0.2) is 0 Å². The van der Waals surface area contributed by atoms with Gasteiger partial charge in [0.2, 0.25) is 7.37 Å². The first-order valence-corrected chi connectivity index (χ1v) is 11.3. The van der Waals surface area contributed by atoms with Crippen molar-refractivity contribution in [1.29, 1.82) is 0 Å². The van der Waals surface area contributed by atoms with E-state index >= 15 is 0 Å². The summed E-state index contributed by atoms with van der Waals surface area (Å²) < 4.78 is 12.7. The van der Waals surface area contributed by atoms with Crippen LogP contribution in [0.1, 0.15) is 70.6 Å². The first-order chi connectivity index (χ1) is 11.4. The summed E-state index contributed by atoms with van der Waals surface area (Å²) in [6, 6.07) is 0. The average molecular weight is 357 g/mol. The molecule has 1 unspecified atom stereocenters. The zero-order chi connectivity index (χ0) is 17.6. The number of carbonyl (C=O) groups is 1. The van der Waals surface area contributed by atoms with Gasteiger partial charge in [-0.15, -0.1) is 0 Å². The third kappa shape index (κ3) is 6.02. The Morgan fingerprint density at radius 1 is 1.08 bits per heavy atom. The van der Waals surface area contributed by atoms with Crippen LogP contribution in [0, 0.1) is 11.8 Å². The molecule has 0 radical (unpaired) electrons. The maximum atomic E-state index is 12.7. The van der Waals surface area contributed by atoms with Crippen LogP contribution in [0.3, 0.4) is 0 Å². The van der Waals surface area contributed by atoms with Crippen molar-refractivity contribution in [3.05, 3.63) is 11.6 Å². The molecule has 2 fully saturated rings. The number of nitrogens with two attached hydrogens (primary N) is 1. The Labute approximate surface area is 145 Å². The predicted molar refractivity (Wildman–Crippen MR) is 96.2 cm³/mol. The minimum atomic E-state index is -3.70. The summed E-state index contributed by atoms with van der Waals surface area (Å²) >= 11 is 0. The highest BCUT2D eigenvalue weighted by Gasteiger charge is 2.33. The number of hydrogen-bond acceptors (Lipinski definition) is 3. The van der Waals surface area contributed by atoms with Crippen LogP contribution in [-0.4, -0.2) is 27.9 Å². The van der Waals surface area contributed by atoms with Crippen molar-refractivity contribution in [2.24, 2.45) is 17.6 Å². The topological polar surface area (TPSA) is 101 Å². The summed E-state index contributed by atoms with van der Waals surface area (Å²) in [7, 11) is -3.70. The van der Waals surface area contributed by atoms with E-state index in [2.05, 4.69) is 0 Å². The Balaban J connectivity index is 1.98. The van der Waals surface area contributed by atoms with Gasteiger partial charge in [0.05, 0.1) is 11.9 Å². The van der Waals surface area contributed by atoms with Gasteiger partial charge < -0.3 is 15.7 Å². The van der Waals surface area contributed by atoms with Crippen LogP contribution >= 0.6 is 7.37 Å².